The summed E-state index contributed by atoms with van der Waals surface area (Å²) in [7, 11) is 0. The summed E-state index contributed by atoms with van der Waals surface area (Å²) in [5.41, 5.74) is 4.56. The zero-order valence-corrected chi connectivity index (χ0v) is 16.3. The maximum Gasteiger partial charge on any atom is 0.335 e. The zero-order chi connectivity index (χ0) is 20.1. The molecule has 6 heteroatoms. The first kappa shape index (κ1) is 18.0. The number of nitrogens with zero attached hydrogens (tertiary/aromatic N) is 3. The van der Waals surface area contributed by atoms with Gasteiger partial charge in [0.2, 0.25) is 5.95 Å². The monoisotopic (exact) mass is 374 g/mol. The zero-order valence-electron chi connectivity index (χ0n) is 16.3. The van der Waals surface area contributed by atoms with Gasteiger partial charge in [-0.3, -0.25) is 4.40 Å². The van der Waals surface area contributed by atoms with Gasteiger partial charge in [-0.05, 0) is 48.2 Å². The summed E-state index contributed by atoms with van der Waals surface area (Å²) in [4.78, 5) is 20.7. The molecule has 0 aliphatic rings. The van der Waals surface area contributed by atoms with Gasteiger partial charge in [0.1, 0.15) is 5.65 Å². The Labute approximate surface area is 162 Å². The van der Waals surface area contributed by atoms with Crippen LogP contribution in [0.1, 0.15) is 42.4 Å². The first-order valence-corrected chi connectivity index (χ1v) is 9.13. The predicted molar refractivity (Wildman–Crippen MR) is 111 cm³/mol. The highest BCUT2D eigenvalue weighted by atomic mass is 16.4. The van der Waals surface area contributed by atoms with E-state index >= 15 is 0 Å². The number of aromatic carboxylic acids is 1. The summed E-state index contributed by atoms with van der Waals surface area (Å²) >= 11 is 0. The number of fused-ring (bicyclic) bond motifs is 3. The fourth-order valence-electron chi connectivity index (χ4n) is 3.24. The van der Waals surface area contributed by atoms with E-state index in [1.807, 2.05) is 29.7 Å². The number of anilines is 2. The van der Waals surface area contributed by atoms with Crippen molar-refractivity contribution in [1.82, 2.24) is 14.4 Å². The summed E-state index contributed by atoms with van der Waals surface area (Å²) in [5.74, 6) is -0.382. The molecule has 0 spiro atoms. The topological polar surface area (TPSA) is 79.5 Å². The lowest BCUT2D eigenvalue weighted by Gasteiger charge is -2.20. The van der Waals surface area contributed by atoms with Gasteiger partial charge < -0.3 is 10.4 Å². The Balaban J connectivity index is 1.89. The first-order valence-electron chi connectivity index (χ1n) is 9.13. The molecule has 0 saturated carbocycles. The molecule has 142 valence electrons. The van der Waals surface area contributed by atoms with Crippen LogP contribution in [0.15, 0.2) is 48.7 Å². The predicted octanol–water partition coefficient (Wildman–Crippen LogP) is 4.93. The molecule has 2 heterocycles. The van der Waals surface area contributed by atoms with Crippen molar-refractivity contribution in [2.75, 3.05) is 5.32 Å². The van der Waals surface area contributed by atoms with E-state index in [0.717, 1.165) is 22.4 Å². The molecule has 0 radical (unpaired) electrons. The lowest BCUT2D eigenvalue weighted by atomic mass is 9.87. The molecule has 0 bridgehead atoms. The molecule has 0 atom stereocenters. The van der Waals surface area contributed by atoms with Gasteiger partial charge in [-0.25, -0.2) is 14.8 Å². The number of imidazole rings is 1. The average molecular weight is 374 g/mol. The van der Waals surface area contributed by atoms with Crippen LogP contribution in [0.25, 0.3) is 16.6 Å². The van der Waals surface area contributed by atoms with Crippen LogP contribution in [0.2, 0.25) is 0 Å². The molecule has 2 aromatic heterocycles. The van der Waals surface area contributed by atoms with Gasteiger partial charge in [-0.1, -0.05) is 32.9 Å². The van der Waals surface area contributed by atoms with Crippen LogP contribution in [0.5, 0.6) is 0 Å². The molecule has 0 aliphatic carbocycles. The van der Waals surface area contributed by atoms with Crippen molar-refractivity contribution < 1.29 is 9.90 Å². The van der Waals surface area contributed by atoms with Crippen LogP contribution in [0.4, 0.5) is 11.6 Å². The van der Waals surface area contributed by atoms with E-state index in [0.29, 0.717) is 11.5 Å². The van der Waals surface area contributed by atoms with Crippen LogP contribution >= 0.6 is 0 Å². The SMILES string of the molecule is Cc1cn2c(Nc3cccc(C(C)(C)C)c3)nc3cc(C(=O)O)ccc3c2n1. The molecule has 2 aromatic carbocycles. The average Bonchev–Trinajstić information content (AvgIpc) is 3.03. The molecule has 0 unspecified atom stereocenters. The largest absolute Gasteiger partial charge is 0.478 e. The van der Waals surface area contributed by atoms with Gasteiger partial charge in [-0.2, -0.15) is 0 Å². The van der Waals surface area contributed by atoms with Gasteiger partial charge in [0.15, 0.2) is 0 Å². The Hall–Kier alpha value is -3.41. The minimum Gasteiger partial charge on any atom is -0.478 e. The van der Waals surface area contributed by atoms with Crippen LogP contribution in [-0.2, 0) is 5.41 Å². The van der Waals surface area contributed by atoms with Crippen molar-refractivity contribution in [3.63, 3.8) is 0 Å². The number of carboxylic acid groups (broad SMARTS) is 1. The number of hydrogen-bond donors (Lipinski definition) is 2. The molecule has 0 fully saturated rings. The highest BCUT2D eigenvalue weighted by Gasteiger charge is 2.16. The Morgan fingerprint density at radius 3 is 2.61 bits per heavy atom. The fraction of sp³-hybridized carbons (Fsp3) is 0.227. The van der Waals surface area contributed by atoms with Crippen molar-refractivity contribution >= 4 is 34.2 Å². The third-order valence-corrected chi connectivity index (χ3v) is 4.75. The molecule has 0 saturated heterocycles. The Morgan fingerprint density at radius 2 is 1.89 bits per heavy atom. The Bertz CT molecular complexity index is 1220. The lowest BCUT2D eigenvalue weighted by Crippen LogP contribution is -2.11. The van der Waals surface area contributed by atoms with E-state index in [4.69, 9.17) is 4.98 Å². The minimum atomic E-state index is -0.976. The number of aryl methyl sites for hydroxylation is 1. The third kappa shape index (κ3) is 3.17. The van der Waals surface area contributed by atoms with E-state index in [1.54, 1.807) is 18.2 Å². The van der Waals surface area contributed by atoms with Gasteiger partial charge in [0.25, 0.3) is 0 Å². The maximum absolute atomic E-state index is 11.4. The number of carboxylic acids is 1. The van der Waals surface area contributed by atoms with Crippen molar-refractivity contribution in [2.45, 2.75) is 33.1 Å². The standard InChI is InChI=1S/C22H22N4O2/c1-13-12-26-19(23-13)17-9-8-14(20(27)28)10-18(17)25-21(26)24-16-7-5-6-15(11-16)22(2,3)4/h5-12H,1-4H3,(H,24,25)(H,27,28). The molecular formula is C22H22N4O2. The van der Waals surface area contributed by atoms with E-state index in [-0.39, 0.29) is 11.0 Å². The van der Waals surface area contributed by atoms with Gasteiger partial charge in [-0.15, -0.1) is 0 Å². The second-order valence-electron chi connectivity index (χ2n) is 8.00. The molecule has 4 aromatic rings. The van der Waals surface area contributed by atoms with Crippen molar-refractivity contribution in [3.8, 4) is 0 Å². The summed E-state index contributed by atoms with van der Waals surface area (Å²) < 4.78 is 1.90. The second kappa shape index (κ2) is 6.34. The summed E-state index contributed by atoms with van der Waals surface area (Å²) in [6.45, 7) is 8.44. The highest BCUT2D eigenvalue weighted by molar-refractivity contribution is 5.98. The number of benzene rings is 2. The van der Waals surface area contributed by atoms with Gasteiger partial charge in [0, 0.05) is 17.3 Å². The van der Waals surface area contributed by atoms with Crippen LogP contribution in [-0.4, -0.2) is 25.4 Å². The highest BCUT2D eigenvalue weighted by Crippen LogP contribution is 2.28. The minimum absolute atomic E-state index is 0.0335. The van der Waals surface area contributed by atoms with Crippen molar-refractivity contribution in [3.05, 3.63) is 65.5 Å². The van der Waals surface area contributed by atoms with Crippen molar-refractivity contribution in [2.24, 2.45) is 0 Å². The van der Waals surface area contributed by atoms with E-state index < -0.39 is 5.97 Å². The Kier molecular flexibility index (Phi) is 4.07. The lowest BCUT2D eigenvalue weighted by molar-refractivity contribution is 0.0697. The maximum atomic E-state index is 11.4. The number of hydrogen-bond acceptors (Lipinski definition) is 4. The van der Waals surface area contributed by atoms with Crippen LogP contribution in [0, 0.1) is 6.92 Å². The molecular weight excluding hydrogens is 352 g/mol. The summed E-state index contributed by atoms with van der Waals surface area (Å²) in [5, 5.41) is 13.5. The summed E-state index contributed by atoms with van der Waals surface area (Å²) in [6.07, 6.45) is 1.92. The van der Waals surface area contributed by atoms with E-state index in [1.165, 1.54) is 5.56 Å². The first-order chi connectivity index (χ1) is 13.2. The molecule has 2 N–H and O–H groups in total. The van der Waals surface area contributed by atoms with E-state index in [2.05, 4.69) is 43.2 Å². The Morgan fingerprint density at radius 1 is 1.11 bits per heavy atom. The number of nitrogens with one attached hydrogen (secondary N) is 1. The third-order valence-electron chi connectivity index (χ3n) is 4.75. The van der Waals surface area contributed by atoms with Gasteiger partial charge in [0.05, 0.1) is 16.8 Å². The quantitative estimate of drug-likeness (QED) is 0.531. The fourth-order valence-corrected chi connectivity index (χ4v) is 3.24. The molecule has 4 rings (SSSR count). The smallest absolute Gasteiger partial charge is 0.335 e. The summed E-state index contributed by atoms with van der Waals surface area (Å²) in [6, 6.07) is 13.1. The molecule has 6 nitrogen and oxygen atoms in total. The van der Waals surface area contributed by atoms with Crippen LogP contribution in [0.3, 0.4) is 0 Å². The number of rotatable bonds is 3. The number of aromatic nitrogens is 3. The van der Waals surface area contributed by atoms with Gasteiger partial charge >= 0.3 is 5.97 Å². The number of carbonyl (C=O) groups is 1. The molecule has 0 aliphatic heterocycles. The van der Waals surface area contributed by atoms with Crippen LogP contribution < -0.4 is 5.32 Å². The molecule has 0 amide bonds. The second-order valence-corrected chi connectivity index (χ2v) is 8.00. The van der Waals surface area contributed by atoms with E-state index in [9.17, 15) is 9.90 Å². The normalized spacial score (nSPS) is 11.9. The van der Waals surface area contributed by atoms with Crippen molar-refractivity contribution in [1.29, 1.82) is 0 Å². The molecule has 28 heavy (non-hydrogen) atoms.